The maximum Gasteiger partial charge on any atom is 0.330 e. The fourth-order valence-corrected chi connectivity index (χ4v) is 3.25. The molecule has 0 aromatic rings. The molecule has 2 atom stereocenters. The van der Waals surface area contributed by atoms with Crippen molar-refractivity contribution in [3.8, 4) is 0 Å². The zero-order valence-corrected chi connectivity index (χ0v) is 13.9. The molecule has 1 saturated carbocycles. The summed E-state index contributed by atoms with van der Waals surface area (Å²) >= 11 is 0. The van der Waals surface area contributed by atoms with Gasteiger partial charge in [0.15, 0.2) is 0 Å². The van der Waals surface area contributed by atoms with Gasteiger partial charge in [0.05, 0.1) is 12.7 Å². The number of methoxy groups -OCH3 is 1. The summed E-state index contributed by atoms with van der Waals surface area (Å²) in [5.74, 6) is 0.732. The van der Waals surface area contributed by atoms with Gasteiger partial charge in [-0.3, -0.25) is 0 Å². The number of hydrogen-bond donors (Lipinski definition) is 0. The number of rotatable bonds is 7. The standard InChI is InChI=1S/C18H30O3/c1-5-21-17(19)12-11-14(2)13-15(3)18(20-4)16-9-7-6-8-10-16/h11-13,15-16,18H,5-10H2,1-4H3. The number of carbonyl (C=O) groups excluding carboxylic acids is 1. The topological polar surface area (TPSA) is 35.5 Å². The highest BCUT2D eigenvalue weighted by Gasteiger charge is 2.26. The largest absolute Gasteiger partial charge is 0.463 e. The smallest absolute Gasteiger partial charge is 0.330 e. The van der Waals surface area contributed by atoms with Gasteiger partial charge in [-0.05, 0) is 32.6 Å². The van der Waals surface area contributed by atoms with Crippen LogP contribution < -0.4 is 0 Å². The van der Waals surface area contributed by atoms with E-state index in [1.165, 1.54) is 38.2 Å². The lowest BCUT2D eigenvalue weighted by molar-refractivity contribution is -0.137. The van der Waals surface area contributed by atoms with Gasteiger partial charge in [-0.15, -0.1) is 0 Å². The van der Waals surface area contributed by atoms with E-state index in [0.29, 0.717) is 18.4 Å². The molecular weight excluding hydrogens is 264 g/mol. The van der Waals surface area contributed by atoms with Crippen LogP contribution in [0.5, 0.6) is 0 Å². The van der Waals surface area contributed by atoms with Gasteiger partial charge in [0, 0.05) is 19.1 Å². The molecule has 1 aliphatic carbocycles. The van der Waals surface area contributed by atoms with E-state index in [2.05, 4.69) is 13.0 Å². The Bertz CT molecular complexity index is 365. The summed E-state index contributed by atoms with van der Waals surface area (Å²) in [5.41, 5.74) is 1.08. The van der Waals surface area contributed by atoms with Crippen molar-refractivity contribution >= 4 is 5.97 Å². The molecule has 21 heavy (non-hydrogen) atoms. The van der Waals surface area contributed by atoms with Gasteiger partial charge in [0.25, 0.3) is 0 Å². The molecule has 2 unspecified atom stereocenters. The first-order chi connectivity index (χ1) is 10.1. The molecule has 1 rings (SSSR count). The van der Waals surface area contributed by atoms with Crippen LogP contribution in [0.1, 0.15) is 52.9 Å². The third kappa shape index (κ3) is 6.47. The molecule has 1 fully saturated rings. The third-order valence-electron chi connectivity index (χ3n) is 4.20. The maximum atomic E-state index is 11.3. The van der Waals surface area contributed by atoms with Crippen LogP contribution >= 0.6 is 0 Å². The van der Waals surface area contributed by atoms with Gasteiger partial charge in [-0.25, -0.2) is 4.79 Å². The van der Waals surface area contributed by atoms with E-state index >= 15 is 0 Å². The van der Waals surface area contributed by atoms with E-state index in [1.54, 1.807) is 0 Å². The van der Waals surface area contributed by atoms with Crippen molar-refractivity contribution in [2.24, 2.45) is 11.8 Å². The Morgan fingerprint density at radius 3 is 2.48 bits per heavy atom. The van der Waals surface area contributed by atoms with Crippen molar-refractivity contribution in [3.63, 3.8) is 0 Å². The number of hydrogen-bond acceptors (Lipinski definition) is 3. The lowest BCUT2D eigenvalue weighted by atomic mass is 9.80. The minimum Gasteiger partial charge on any atom is -0.463 e. The van der Waals surface area contributed by atoms with Crippen LogP contribution in [0.3, 0.4) is 0 Å². The predicted octanol–water partition coefficient (Wildman–Crippen LogP) is 4.28. The molecule has 1 aliphatic rings. The van der Waals surface area contributed by atoms with Crippen molar-refractivity contribution in [2.75, 3.05) is 13.7 Å². The minimum absolute atomic E-state index is 0.274. The lowest BCUT2D eigenvalue weighted by Gasteiger charge is -2.32. The molecule has 0 aliphatic heterocycles. The first-order valence-electron chi connectivity index (χ1n) is 8.14. The van der Waals surface area contributed by atoms with Crippen LogP contribution in [0, 0.1) is 11.8 Å². The quantitative estimate of drug-likeness (QED) is 0.399. The second-order valence-corrected chi connectivity index (χ2v) is 5.95. The Morgan fingerprint density at radius 2 is 1.90 bits per heavy atom. The van der Waals surface area contributed by atoms with Crippen LogP contribution in [-0.2, 0) is 14.3 Å². The van der Waals surface area contributed by atoms with Crippen LogP contribution in [0.15, 0.2) is 23.8 Å². The predicted molar refractivity (Wildman–Crippen MR) is 86.1 cm³/mol. The van der Waals surface area contributed by atoms with Gasteiger partial charge in [0.1, 0.15) is 0 Å². The van der Waals surface area contributed by atoms with Gasteiger partial charge in [-0.1, -0.05) is 43.9 Å². The Labute approximate surface area is 129 Å². The number of allylic oxidation sites excluding steroid dienone is 2. The van der Waals surface area contributed by atoms with E-state index in [0.717, 1.165) is 5.57 Å². The number of carbonyl (C=O) groups is 1. The Morgan fingerprint density at radius 1 is 1.24 bits per heavy atom. The van der Waals surface area contributed by atoms with Crippen LogP contribution in [-0.4, -0.2) is 25.8 Å². The molecule has 120 valence electrons. The normalized spacial score (nSPS) is 20.5. The van der Waals surface area contributed by atoms with E-state index in [9.17, 15) is 4.79 Å². The SMILES string of the molecule is CCOC(=O)C=CC(C)=CC(C)C(OC)C1CCCCC1. The molecule has 0 bridgehead atoms. The Balaban J connectivity index is 2.60. The van der Waals surface area contributed by atoms with Crippen molar-refractivity contribution in [1.82, 2.24) is 0 Å². The summed E-state index contributed by atoms with van der Waals surface area (Å²) in [6, 6.07) is 0. The van der Waals surface area contributed by atoms with Crippen LogP contribution in [0.2, 0.25) is 0 Å². The lowest BCUT2D eigenvalue weighted by Crippen LogP contribution is -2.30. The van der Waals surface area contributed by atoms with Gasteiger partial charge >= 0.3 is 5.97 Å². The summed E-state index contributed by atoms with van der Waals surface area (Å²) in [6.07, 6.45) is 12.3. The fourth-order valence-electron chi connectivity index (χ4n) is 3.25. The van der Waals surface area contributed by atoms with E-state index in [-0.39, 0.29) is 12.1 Å². The molecule has 0 radical (unpaired) electrons. The number of ether oxygens (including phenoxy) is 2. The summed E-state index contributed by atoms with van der Waals surface area (Å²) in [7, 11) is 1.81. The Kier molecular flexibility index (Phi) is 8.36. The monoisotopic (exact) mass is 294 g/mol. The van der Waals surface area contributed by atoms with Gasteiger partial charge in [-0.2, -0.15) is 0 Å². The zero-order valence-electron chi connectivity index (χ0n) is 13.9. The maximum absolute atomic E-state index is 11.3. The summed E-state index contributed by atoms with van der Waals surface area (Å²) in [4.78, 5) is 11.3. The molecule has 0 spiro atoms. The molecule has 0 heterocycles. The average molecular weight is 294 g/mol. The minimum atomic E-state index is -0.284. The molecule has 0 amide bonds. The van der Waals surface area contributed by atoms with E-state index < -0.39 is 0 Å². The van der Waals surface area contributed by atoms with E-state index in [1.807, 2.05) is 27.0 Å². The molecule has 0 aromatic carbocycles. The van der Waals surface area contributed by atoms with E-state index in [4.69, 9.17) is 9.47 Å². The molecule has 3 nitrogen and oxygen atoms in total. The molecule has 0 aromatic heterocycles. The van der Waals surface area contributed by atoms with Crippen molar-refractivity contribution in [1.29, 1.82) is 0 Å². The second-order valence-electron chi connectivity index (χ2n) is 5.95. The second kappa shape index (κ2) is 9.78. The average Bonchev–Trinajstić information content (AvgIpc) is 2.47. The third-order valence-corrected chi connectivity index (χ3v) is 4.20. The first-order valence-corrected chi connectivity index (χ1v) is 8.14. The summed E-state index contributed by atoms with van der Waals surface area (Å²) in [5, 5.41) is 0. The van der Waals surface area contributed by atoms with Crippen LogP contribution in [0.4, 0.5) is 0 Å². The van der Waals surface area contributed by atoms with Crippen molar-refractivity contribution < 1.29 is 14.3 Å². The van der Waals surface area contributed by atoms with Crippen LogP contribution in [0.25, 0.3) is 0 Å². The van der Waals surface area contributed by atoms with Gasteiger partial charge in [0.2, 0.25) is 0 Å². The summed E-state index contributed by atoms with van der Waals surface area (Å²) < 4.78 is 10.6. The van der Waals surface area contributed by atoms with Gasteiger partial charge < -0.3 is 9.47 Å². The highest BCUT2D eigenvalue weighted by atomic mass is 16.5. The highest BCUT2D eigenvalue weighted by molar-refractivity contribution is 5.82. The zero-order chi connectivity index (χ0) is 15.7. The molecule has 3 heteroatoms. The van der Waals surface area contributed by atoms with Crippen molar-refractivity contribution in [2.45, 2.75) is 59.0 Å². The first kappa shape index (κ1) is 18.0. The molecule has 0 saturated heterocycles. The van der Waals surface area contributed by atoms with Crippen molar-refractivity contribution in [3.05, 3.63) is 23.8 Å². The summed E-state index contributed by atoms with van der Waals surface area (Å²) in [6.45, 7) is 6.43. The highest BCUT2D eigenvalue weighted by Crippen LogP contribution is 2.31. The molecular formula is C18H30O3. The number of esters is 1. The molecule has 0 N–H and O–H groups in total. The fraction of sp³-hybridized carbons (Fsp3) is 0.722. The Hall–Kier alpha value is -1.09.